The Hall–Kier alpha value is -1.39. The van der Waals surface area contributed by atoms with E-state index in [1.807, 2.05) is 13.0 Å². The summed E-state index contributed by atoms with van der Waals surface area (Å²) >= 11 is 1.69. The molecule has 0 fully saturated rings. The van der Waals surface area contributed by atoms with Gasteiger partial charge < -0.3 is 10.1 Å². The smallest absolute Gasteiger partial charge is 0.183 e. The van der Waals surface area contributed by atoms with Crippen LogP contribution in [0, 0.1) is 6.92 Å². The molecule has 0 saturated heterocycles. The maximum Gasteiger partial charge on any atom is 0.183 e. The van der Waals surface area contributed by atoms with Crippen LogP contribution >= 0.6 is 11.3 Å². The molecule has 1 atom stereocenters. The van der Waals surface area contributed by atoms with Crippen LogP contribution in [0.15, 0.2) is 30.3 Å². The number of aryl methyl sites for hydroxylation is 1. The highest BCUT2D eigenvalue weighted by Gasteiger charge is 2.11. The van der Waals surface area contributed by atoms with Crippen molar-refractivity contribution >= 4 is 16.5 Å². The van der Waals surface area contributed by atoms with Gasteiger partial charge in [-0.25, -0.2) is 4.98 Å². The highest BCUT2D eigenvalue weighted by Crippen LogP contribution is 2.32. The lowest BCUT2D eigenvalue weighted by molar-refractivity contribution is 0.190. The molecule has 0 aliphatic heterocycles. The summed E-state index contributed by atoms with van der Waals surface area (Å²) in [6, 6.07) is 10.6. The Morgan fingerprint density at radius 3 is 2.72 bits per heavy atom. The second-order valence-electron chi connectivity index (χ2n) is 4.30. The van der Waals surface area contributed by atoms with Gasteiger partial charge in [0, 0.05) is 13.2 Å². The van der Waals surface area contributed by atoms with Gasteiger partial charge >= 0.3 is 0 Å². The Kier molecular flexibility index (Phi) is 4.33. The molecule has 96 valence electrons. The molecule has 0 spiro atoms. The number of nitrogens with zero attached hydrogens (tertiary/aromatic N) is 1. The molecule has 0 amide bonds. The van der Waals surface area contributed by atoms with Crippen LogP contribution in [-0.2, 0) is 4.74 Å². The minimum Gasteiger partial charge on any atom is -0.383 e. The number of hydrogen-bond donors (Lipinski definition) is 1. The number of thiazole rings is 1. The second-order valence-corrected chi connectivity index (χ2v) is 5.30. The summed E-state index contributed by atoms with van der Waals surface area (Å²) in [7, 11) is 1.71. The number of aromatic nitrogens is 1. The molecule has 18 heavy (non-hydrogen) atoms. The first kappa shape index (κ1) is 13.1. The third-order valence-corrected chi connectivity index (χ3v) is 3.76. The van der Waals surface area contributed by atoms with E-state index in [2.05, 4.69) is 41.5 Å². The minimum atomic E-state index is 0.268. The van der Waals surface area contributed by atoms with E-state index in [1.54, 1.807) is 18.4 Å². The van der Waals surface area contributed by atoms with Gasteiger partial charge in [-0.1, -0.05) is 41.7 Å². The number of methoxy groups -OCH3 is 1. The molecule has 2 aromatic rings. The minimum absolute atomic E-state index is 0.268. The molecule has 1 aromatic carbocycles. The first-order chi connectivity index (χ1) is 8.70. The third-order valence-electron chi connectivity index (χ3n) is 2.62. The topological polar surface area (TPSA) is 34.1 Å². The molecular formula is C14H18N2OS. The van der Waals surface area contributed by atoms with Crippen molar-refractivity contribution in [3.63, 3.8) is 0 Å². The van der Waals surface area contributed by atoms with Crippen LogP contribution in [0.2, 0.25) is 0 Å². The Morgan fingerprint density at radius 2 is 2.06 bits per heavy atom. The number of ether oxygens (including phenoxy) is 1. The van der Waals surface area contributed by atoms with Crippen molar-refractivity contribution in [3.05, 3.63) is 36.0 Å². The molecule has 1 heterocycles. The molecule has 1 N–H and O–H groups in total. The highest BCUT2D eigenvalue weighted by atomic mass is 32.1. The summed E-state index contributed by atoms with van der Waals surface area (Å²) in [6.07, 6.45) is 0. The molecule has 2 rings (SSSR count). The Labute approximate surface area is 112 Å². The van der Waals surface area contributed by atoms with E-state index in [4.69, 9.17) is 4.74 Å². The standard InChI is InChI=1S/C14H18N2OS/c1-10(9-17-3)15-14-16-11(2)13(18-14)12-7-5-4-6-8-12/h4-8,10H,9H2,1-3H3,(H,15,16)/t10-/m0/s1. The highest BCUT2D eigenvalue weighted by molar-refractivity contribution is 7.19. The summed E-state index contributed by atoms with van der Waals surface area (Å²) in [5, 5.41) is 4.31. The molecule has 0 bridgehead atoms. The molecule has 0 saturated carbocycles. The van der Waals surface area contributed by atoms with E-state index in [0.717, 1.165) is 10.8 Å². The van der Waals surface area contributed by atoms with Crippen molar-refractivity contribution in [2.75, 3.05) is 19.0 Å². The predicted molar refractivity (Wildman–Crippen MR) is 77.2 cm³/mol. The Morgan fingerprint density at radius 1 is 1.33 bits per heavy atom. The van der Waals surface area contributed by atoms with E-state index in [-0.39, 0.29) is 6.04 Å². The van der Waals surface area contributed by atoms with E-state index < -0.39 is 0 Å². The molecule has 3 nitrogen and oxygen atoms in total. The molecular weight excluding hydrogens is 244 g/mol. The van der Waals surface area contributed by atoms with Gasteiger partial charge in [0.15, 0.2) is 5.13 Å². The van der Waals surface area contributed by atoms with Crippen LogP contribution in [-0.4, -0.2) is 24.7 Å². The van der Waals surface area contributed by atoms with Crippen molar-refractivity contribution in [2.45, 2.75) is 19.9 Å². The molecule has 0 aliphatic carbocycles. The van der Waals surface area contributed by atoms with Gasteiger partial charge in [0.25, 0.3) is 0 Å². The number of nitrogens with one attached hydrogen (secondary N) is 1. The summed E-state index contributed by atoms with van der Waals surface area (Å²) < 4.78 is 5.11. The number of hydrogen-bond acceptors (Lipinski definition) is 4. The Bertz CT molecular complexity index is 496. The second kappa shape index (κ2) is 5.98. The van der Waals surface area contributed by atoms with Crippen LogP contribution < -0.4 is 5.32 Å². The fourth-order valence-corrected chi connectivity index (χ4v) is 2.90. The Balaban J connectivity index is 2.17. The SMILES string of the molecule is COC[C@H](C)Nc1nc(C)c(-c2ccccc2)s1. The van der Waals surface area contributed by atoms with Gasteiger partial charge in [0.05, 0.1) is 17.2 Å². The van der Waals surface area contributed by atoms with E-state index in [1.165, 1.54) is 10.4 Å². The lowest BCUT2D eigenvalue weighted by atomic mass is 10.2. The van der Waals surface area contributed by atoms with Gasteiger partial charge in [-0.2, -0.15) is 0 Å². The van der Waals surface area contributed by atoms with Gasteiger partial charge in [0.2, 0.25) is 0 Å². The van der Waals surface area contributed by atoms with Gasteiger partial charge in [0.1, 0.15) is 0 Å². The lowest BCUT2D eigenvalue weighted by Crippen LogP contribution is -2.20. The predicted octanol–water partition coefficient (Wildman–Crippen LogP) is 3.57. The van der Waals surface area contributed by atoms with Crippen molar-refractivity contribution in [2.24, 2.45) is 0 Å². The van der Waals surface area contributed by atoms with Crippen molar-refractivity contribution in [1.82, 2.24) is 4.98 Å². The average Bonchev–Trinajstić information content (AvgIpc) is 2.71. The van der Waals surface area contributed by atoms with Gasteiger partial charge in [-0.3, -0.25) is 0 Å². The number of benzene rings is 1. The first-order valence-corrected chi connectivity index (χ1v) is 6.80. The molecule has 1 aromatic heterocycles. The van der Waals surface area contributed by atoms with Gasteiger partial charge in [-0.05, 0) is 19.4 Å². The molecule has 0 unspecified atom stereocenters. The van der Waals surface area contributed by atoms with Crippen LogP contribution in [0.1, 0.15) is 12.6 Å². The molecule has 4 heteroatoms. The quantitative estimate of drug-likeness (QED) is 0.894. The number of anilines is 1. The fraction of sp³-hybridized carbons (Fsp3) is 0.357. The largest absolute Gasteiger partial charge is 0.383 e. The average molecular weight is 262 g/mol. The molecule has 0 radical (unpaired) electrons. The lowest BCUT2D eigenvalue weighted by Gasteiger charge is -2.10. The van der Waals surface area contributed by atoms with Crippen molar-refractivity contribution in [1.29, 1.82) is 0 Å². The zero-order valence-electron chi connectivity index (χ0n) is 10.9. The monoisotopic (exact) mass is 262 g/mol. The fourth-order valence-electron chi connectivity index (χ4n) is 1.82. The van der Waals surface area contributed by atoms with Crippen LogP contribution in [0.25, 0.3) is 10.4 Å². The summed E-state index contributed by atoms with van der Waals surface area (Å²) in [5.74, 6) is 0. The first-order valence-electron chi connectivity index (χ1n) is 5.99. The zero-order valence-corrected chi connectivity index (χ0v) is 11.8. The normalized spacial score (nSPS) is 12.4. The maximum atomic E-state index is 5.11. The third kappa shape index (κ3) is 3.09. The summed E-state index contributed by atoms with van der Waals surface area (Å²) in [4.78, 5) is 5.79. The van der Waals surface area contributed by atoms with E-state index >= 15 is 0 Å². The van der Waals surface area contributed by atoms with Crippen LogP contribution in [0.5, 0.6) is 0 Å². The maximum absolute atomic E-state index is 5.11. The van der Waals surface area contributed by atoms with Crippen LogP contribution in [0.3, 0.4) is 0 Å². The summed E-state index contributed by atoms with van der Waals surface area (Å²) in [5.41, 5.74) is 2.29. The zero-order chi connectivity index (χ0) is 13.0. The number of rotatable bonds is 5. The molecule has 0 aliphatic rings. The van der Waals surface area contributed by atoms with E-state index in [0.29, 0.717) is 6.61 Å². The van der Waals surface area contributed by atoms with Gasteiger partial charge in [-0.15, -0.1) is 0 Å². The van der Waals surface area contributed by atoms with E-state index in [9.17, 15) is 0 Å². The van der Waals surface area contributed by atoms with Crippen molar-refractivity contribution in [3.8, 4) is 10.4 Å². The van der Waals surface area contributed by atoms with Crippen molar-refractivity contribution < 1.29 is 4.74 Å². The summed E-state index contributed by atoms with van der Waals surface area (Å²) in [6.45, 7) is 4.81. The van der Waals surface area contributed by atoms with Crippen LogP contribution in [0.4, 0.5) is 5.13 Å².